The molecular formula is C38H44F3IrN2O2-. The second kappa shape index (κ2) is 14.3. The Morgan fingerprint density at radius 1 is 0.935 bits per heavy atom. The zero-order chi connectivity index (χ0) is 33.3. The molecule has 5 aromatic rings. The largest absolute Gasteiger partial charge is 0.512 e. The first-order valence-electron chi connectivity index (χ1n) is 15.8. The van der Waals surface area contributed by atoms with Crippen molar-refractivity contribution in [3.8, 4) is 0 Å². The molecule has 0 amide bonds. The van der Waals surface area contributed by atoms with E-state index < -0.39 is 12.6 Å². The van der Waals surface area contributed by atoms with Crippen molar-refractivity contribution in [1.29, 1.82) is 0 Å². The number of imidazole rings is 1. The third-order valence-corrected chi connectivity index (χ3v) is 9.93. The van der Waals surface area contributed by atoms with Crippen LogP contribution in [-0.4, -0.2) is 26.5 Å². The van der Waals surface area contributed by atoms with Crippen LogP contribution in [0.2, 0.25) is 0 Å². The molecule has 2 heterocycles. The number of ketones is 1. The summed E-state index contributed by atoms with van der Waals surface area (Å²) in [4.78, 5) is 16.7. The van der Waals surface area contributed by atoms with E-state index in [4.69, 9.17) is 0 Å². The van der Waals surface area contributed by atoms with Crippen molar-refractivity contribution < 1.29 is 43.2 Å². The number of halogens is 3. The van der Waals surface area contributed by atoms with Gasteiger partial charge < -0.3 is 9.51 Å². The number of hydrogen-bond acceptors (Lipinski definition) is 3. The van der Waals surface area contributed by atoms with Gasteiger partial charge in [0.05, 0.1) is 12.1 Å². The summed E-state index contributed by atoms with van der Waals surface area (Å²) in [6, 6.07) is 14.7. The normalized spacial score (nSPS) is 12.8. The Hall–Kier alpha value is -3.22. The van der Waals surface area contributed by atoms with Crippen LogP contribution >= 0.6 is 0 Å². The molecule has 0 saturated heterocycles. The fourth-order valence-electron chi connectivity index (χ4n) is 5.80. The molecule has 1 radical (unpaired) electrons. The van der Waals surface area contributed by atoms with Crippen LogP contribution in [-0.2, 0) is 31.3 Å². The molecule has 2 aromatic heterocycles. The van der Waals surface area contributed by atoms with E-state index in [9.17, 15) is 23.1 Å². The molecule has 0 aliphatic rings. The number of pyridine rings is 1. The number of benzene rings is 3. The predicted octanol–water partition coefficient (Wildman–Crippen LogP) is 11.0. The molecule has 0 bridgehead atoms. The zero-order valence-electron chi connectivity index (χ0n) is 27.9. The van der Waals surface area contributed by atoms with Gasteiger partial charge in [-0.2, -0.15) is 13.2 Å². The number of nitrogens with zero attached hydrogens (tertiary/aromatic N) is 2. The molecule has 4 nitrogen and oxygen atoms in total. The maximum Gasteiger partial charge on any atom is 0.393 e. The summed E-state index contributed by atoms with van der Waals surface area (Å²) in [5.74, 6) is 0.286. The van der Waals surface area contributed by atoms with Gasteiger partial charge >= 0.3 is 6.18 Å². The molecular weight excluding hydrogens is 766 g/mol. The van der Waals surface area contributed by atoms with Crippen molar-refractivity contribution >= 4 is 43.9 Å². The van der Waals surface area contributed by atoms with Gasteiger partial charge in [0.15, 0.2) is 5.78 Å². The van der Waals surface area contributed by atoms with Crippen molar-refractivity contribution in [3.63, 3.8) is 0 Å². The minimum Gasteiger partial charge on any atom is -0.512 e. The number of carbonyl (C=O) groups excluding carboxylic acids is 1. The number of aromatic nitrogens is 2. The molecule has 0 aliphatic carbocycles. The van der Waals surface area contributed by atoms with Crippen LogP contribution in [0.3, 0.4) is 0 Å². The molecule has 8 heteroatoms. The average molecular weight is 810 g/mol. The average Bonchev–Trinajstić information content (AvgIpc) is 3.51. The van der Waals surface area contributed by atoms with Crippen LogP contribution in [0.4, 0.5) is 13.2 Å². The number of fused-ring (bicyclic) bond motifs is 7. The monoisotopic (exact) mass is 810 g/mol. The molecule has 5 rings (SSSR count). The molecule has 249 valence electrons. The quantitative estimate of drug-likeness (QED) is 0.0558. The summed E-state index contributed by atoms with van der Waals surface area (Å²) in [7, 11) is 0. The van der Waals surface area contributed by atoms with E-state index in [0.29, 0.717) is 5.65 Å². The van der Waals surface area contributed by atoms with Gasteiger partial charge in [-0.05, 0) is 49.6 Å². The maximum absolute atomic E-state index is 12.9. The van der Waals surface area contributed by atoms with Crippen LogP contribution < -0.4 is 0 Å². The summed E-state index contributed by atoms with van der Waals surface area (Å²) in [5, 5.41) is 15.0. The topological polar surface area (TPSA) is 54.6 Å². The van der Waals surface area contributed by atoms with Crippen molar-refractivity contribution in [1.82, 2.24) is 9.38 Å². The number of alkyl halides is 3. The molecule has 0 spiro atoms. The summed E-state index contributed by atoms with van der Waals surface area (Å²) in [6.07, 6.45) is 3.03. The van der Waals surface area contributed by atoms with Gasteiger partial charge in [0.25, 0.3) is 0 Å². The van der Waals surface area contributed by atoms with Crippen molar-refractivity contribution in [2.45, 2.75) is 93.7 Å². The van der Waals surface area contributed by atoms with E-state index in [1.54, 1.807) is 30.6 Å². The Balaban J connectivity index is 0.000000280. The summed E-state index contributed by atoms with van der Waals surface area (Å²) in [6.45, 7) is 16.2. The predicted molar refractivity (Wildman–Crippen MR) is 179 cm³/mol. The van der Waals surface area contributed by atoms with Gasteiger partial charge in [-0.1, -0.05) is 94.5 Å². The van der Waals surface area contributed by atoms with Crippen LogP contribution in [0, 0.1) is 30.7 Å². The van der Waals surface area contributed by atoms with Gasteiger partial charge in [0.1, 0.15) is 5.76 Å². The van der Waals surface area contributed by atoms with Gasteiger partial charge in [-0.3, -0.25) is 9.78 Å². The Morgan fingerprint density at radius 2 is 1.57 bits per heavy atom. The maximum atomic E-state index is 12.9. The first-order chi connectivity index (χ1) is 21.1. The van der Waals surface area contributed by atoms with Crippen LogP contribution in [0.25, 0.3) is 38.1 Å². The van der Waals surface area contributed by atoms with E-state index >= 15 is 0 Å². The number of aliphatic hydroxyl groups is 1. The summed E-state index contributed by atoms with van der Waals surface area (Å²) >= 11 is 0. The van der Waals surface area contributed by atoms with E-state index in [1.165, 1.54) is 6.08 Å². The molecule has 0 fully saturated rings. The van der Waals surface area contributed by atoms with Crippen molar-refractivity contribution in [2.24, 2.45) is 10.8 Å². The molecule has 3 aromatic carbocycles. The van der Waals surface area contributed by atoms with Gasteiger partial charge in [0.2, 0.25) is 0 Å². The Bertz CT molecular complexity index is 1900. The van der Waals surface area contributed by atoms with Gasteiger partial charge in [0, 0.05) is 54.9 Å². The third kappa shape index (κ3) is 7.34. The minimum atomic E-state index is -4.24. The first kappa shape index (κ1) is 37.2. The first-order valence-corrected chi connectivity index (χ1v) is 15.8. The van der Waals surface area contributed by atoms with E-state index in [1.807, 2.05) is 58.9 Å². The molecule has 1 N–H and O–H groups in total. The Labute approximate surface area is 283 Å². The molecule has 0 atom stereocenters. The number of carbonyl (C=O) groups is 1. The number of allylic oxidation sites excluding steroid dienone is 2. The summed E-state index contributed by atoms with van der Waals surface area (Å²) < 4.78 is 40.6. The Kier molecular flexibility index (Phi) is 11.6. The molecule has 0 unspecified atom stereocenters. The summed E-state index contributed by atoms with van der Waals surface area (Å²) in [5.41, 5.74) is 3.32. The number of aryl methyl sites for hydroxylation is 2. The number of aliphatic hydroxyl groups excluding tert-OH is 1. The SMILES string of the molecule is CCC(C)(CC)C(=O)/C=C(\O)C(C)(CC)CC.Cc1ccc2[c-]c3c(c(C)c2c1)c1ccc(CC(F)(F)F)cc1n1ccnc31.[Ir]. The van der Waals surface area contributed by atoms with E-state index in [-0.39, 0.29) is 48.0 Å². The van der Waals surface area contributed by atoms with Crippen LogP contribution in [0.1, 0.15) is 83.9 Å². The molecule has 46 heavy (non-hydrogen) atoms. The van der Waals surface area contributed by atoms with Crippen molar-refractivity contribution in [3.05, 3.63) is 83.4 Å². The van der Waals surface area contributed by atoms with E-state index in [2.05, 4.69) is 30.1 Å². The van der Waals surface area contributed by atoms with Crippen LogP contribution in [0.15, 0.2) is 60.6 Å². The Morgan fingerprint density at radius 3 is 2.15 bits per heavy atom. The minimum absolute atomic E-state index is 0. The zero-order valence-corrected chi connectivity index (χ0v) is 30.3. The van der Waals surface area contributed by atoms with Gasteiger partial charge in [-0.25, -0.2) is 0 Å². The second-order valence-corrected chi connectivity index (χ2v) is 12.7. The van der Waals surface area contributed by atoms with Crippen molar-refractivity contribution in [2.75, 3.05) is 0 Å². The van der Waals surface area contributed by atoms with E-state index in [0.717, 1.165) is 69.3 Å². The van der Waals surface area contributed by atoms with Gasteiger partial charge in [-0.15, -0.1) is 23.1 Å². The standard InChI is InChI=1S/C23H16F3N2.C15H28O2.Ir/c1-13-3-5-16-11-19-21(14(2)18(16)9-13)17-6-4-15(12-23(24,25)26)10-20(17)28-8-7-27-22(19)28;1-7-14(5,8-2)12(16)11-13(17)15(6,9-3)10-4;/h3-10H,12H2,1-2H3;11,16H,7-10H2,1-6H3;/q-1;;/b;12-11-;. The fourth-order valence-corrected chi connectivity index (χ4v) is 5.80. The molecule has 0 aliphatic heterocycles. The molecule has 0 saturated carbocycles. The third-order valence-electron chi connectivity index (χ3n) is 9.93. The van der Waals surface area contributed by atoms with Crippen LogP contribution in [0.5, 0.6) is 0 Å². The smallest absolute Gasteiger partial charge is 0.393 e. The second-order valence-electron chi connectivity index (χ2n) is 12.7. The number of rotatable bonds is 8. The number of hydrogen-bond donors (Lipinski definition) is 1. The fraction of sp³-hybridized carbons (Fsp3) is 0.421.